The van der Waals surface area contributed by atoms with Crippen LogP contribution in [0.15, 0.2) is 12.1 Å². The molecule has 1 N–H and O–H groups in total. The number of ether oxygens (including phenoxy) is 2. The lowest BCUT2D eigenvalue weighted by molar-refractivity contribution is 0.258. The summed E-state index contributed by atoms with van der Waals surface area (Å²) in [5, 5.41) is 3.71. The minimum atomic E-state index is 0.591. The molecule has 0 aliphatic carbocycles. The highest BCUT2D eigenvalue weighted by Gasteiger charge is 2.12. The largest absolute Gasteiger partial charge is 0.490 e. The fraction of sp³-hybridized carbons (Fsp3) is 0.600. The van der Waals surface area contributed by atoms with Crippen LogP contribution < -0.4 is 14.8 Å². The lowest BCUT2D eigenvalue weighted by Gasteiger charge is -2.16. The van der Waals surface area contributed by atoms with Crippen molar-refractivity contribution in [2.75, 3.05) is 40.9 Å². The van der Waals surface area contributed by atoms with Crippen LogP contribution in [0, 0.1) is 0 Å². The van der Waals surface area contributed by atoms with Gasteiger partial charge in [-0.1, -0.05) is 11.6 Å². The van der Waals surface area contributed by atoms with Crippen LogP contribution in [0.1, 0.15) is 18.9 Å². The SMILES string of the molecule is CCOc1cc(CNC)cc(Cl)c1OCCCN(C)C. The lowest BCUT2D eigenvalue weighted by Crippen LogP contribution is -2.15. The number of rotatable bonds is 9. The topological polar surface area (TPSA) is 33.7 Å². The van der Waals surface area contributed by atoms with Crippen LogP contribution in [0.4, 0.5) is 0 Å². The molecule has 4 nitrogen and oxygen atoms in total. The summed E-state index contributed by atoms with van der Waals surface area (Å²) in [6, 6.07) is 3.90. The van der Waals surface area contributed by atoms with Gasteiger partial charge in [0.05, 0.1) is 18.2 Å². The zero-order chi connectivity index (χ0) is 15.0. The summed E-state index contributed by atoms with van der Waals surface area (Å²) >= 11 is 6.30. The molecule has 0 saturated heterocycles. The molecule has 0 spiro atoms. The minimum absolute atomic E-state index is 0.591. The second kappa shape index (κ2) is 9.06. The first-order valence-corrected chi connectivity index (χ1v) is 7.33. The van der Waals surface area contributed by atoms with Crippen LogP contribution in [-0.2, 0) is 6.54 Å². The zero-order valence-corrected chi connectivity index (χ0v) is 13.6. The van der Waals surface area contributed by atoms with E-state index >= 15 is 0 Å². The average molecular weight is 301 g/mol. The molecule has 114 valence electrons. The third kappa shape index (κ3) is 5.57. The van der Waals surface area contributed by atoms with Crippen molar-refractivity contribution in [2.24, 2.45) is 0 Å². The first kappa shape index (κ1) is 17.1. The zero-order valence-electron chi connectivity index (χ0n) is 12.8. The van der Waals surface area contributed by atoms with Crippen molar-refractivity contribution in [2.45, 2.75) is 19.9 Å². The summed E-state index contributed by atoms with van der Waals surface area (Å²) in [6.07, 6.45) is 0.952. The molecule has 1 aromatic carbocycles. The van der Waals surface area contributed by atoms with Gasteiger partial charge in [-0.2, -0.15) is 0 Å². The Morgan fingerprint density at radius 2 is 2.00 bits per heavy atom. The van der Waals surface area contributed by atoms with E-state index in [1.54, 1.807) is 0 Å². The third-order valence-electron chi connectivity index (χ3n) is 2.75. The summed E-state index contributed by atoms with van der Waals surface area (Å²) in [4.78, 5) is 2.13. The van der Waals surface area contributed by atoms with E-state index in [1.807, 2.05) is 40.2 Å². The maximum absolute atomic E-state index is 6.30. The van der Waals surface area contributed by atoms with E-state index in [0.29, 0.717) is 24.0 Å². The quantitative estimate of drug-likeness (QED) is 0.711. The summed E-state index contributed by atoms with van der Waals surface area (Å²) in [5.41, 5.74) is 1.08. The van der Waals surface area contributed by atoms with Crippen molar-refractivity contribution in [1.29, 1.82) is 0 Å². The van der Waals surface area contributed by atoms with Gasteiger partial charge >= 0.3 is 0 Å². The molecule has 0 aromatic heterocycles. The predicted molar refractivity (Wildman–Crippen MR) is 84.1 cm³/mol. The van der Waals surface area contributed by atoms with Gasteiger partial charge < -0.3 is 19.7 Å². The van der Waals surface area contributed by atoms with E-state index in [2.05, 4.69) is 10.2 Å². The highest BCUT2D eigenvalue weighted by atomic mass is 35.5. The molecule has 0 bridgehead atoms. The highest BCUT2D eigenvalue weighted by Crippen LogP contribution is 2.36. The van der Waals surface area contributed by atoms with E-state index < -0.39 is 0 Å². The van der Waals surface area contributed by atoms with Crippen molar-refractivity contribution < 1.29 is 9.47 Å². The molecule has 0 aliphatic rings. The van der Waals surface area contributed by atoms with Gasteiger partial charge in [-0.25, -0.2) is 0 Å². The van der Waals surface area contributed by atoms with Crippen molar-refractivity contribution in [3.8, 4) is 11.5 Å². The normalized spacial score (nSPS) is 10.9. The Hall–Kier alpha value is -0.970. The molecule has 0 aliphatic heterocycles. The lowest BCUT2D eigenvalue weighted by atomic mass is 10.2. The smallest absolute Gasteiger partial charge is 0.179 e. The van der Waals surface area contributed by atoms with Gasteiger partial charge in [0.15, 0.2) is 11.5 Å². The van der Waals surface area contributed by atoms with Crippen LogP contribution in [0.5, 0.6) is 11.5 Å². The number of halogens is 1. The minimum Gasteiger partial charge on any atom is -0.490 e. The summed E-state index contributed by atoms with van der Waals surface area (Å²) in [5.74, 6) is 1.36. The van der Waals surface area contributed by atoms with Gasteiger partial charge in [0, 0.05) is 13.1 Å². The molecule has 0 saturated carbocycles. The van der Waals surface area contributed by atoms with Gasteiger partial charge in [0.1, 0.15) is 0 Å². The summed E-state index contributed by atoms with van der Waals surface area (Å²) in [7, 11) is 6.00. The van der Waals surface area contributed by atoms with Crippen molar-refractivity contribution >= 4 is 11.6 Å². The Morgan fingerprint density at radius 3 is 2.60 bits per heavy atom. The number of benzene rings is 1. The van der Waals surface area contributed by atoms with Crippen LogP contribution in [0.2, 0.25) is 5.02 Å². The van der Waals surface area contributed by atoms with Gasteiger partial charge in [-0.05, 0) is 52.2 Å². The van der Waals surface area contributed by atoms with Gasteiger partial charge in [-0.15, -0.1) is 0 Å². The predicted octanol–water partition coefficient (Wildman–Crippen LogP) is 2.79. The van der Waals surface area contributed by atoms with Crippen LogP contribution >= 0.6 is 11.6 Å². The molecule has 5 heteroatoms. The standard InChI is InChI=1S/C15H25ClN2O2/c1-5-19-14-10-12(11-17-2)9-13(16)15(14)20-8-6-7-18(3)4/h9-10,17H,5-8,11H2,1-4H3. The number of hydrogen-bond acceptors (Lipinski definition) is 4. The van der Waals surface area contributed by atoms with E-state index in [0.717, 1.165) is 30.8 Å². The van der Waals surface area contributed by atoms with E-state index in [-0.39, 0.29) is 0 Å². The van der Waals surface area contributed by atoms with Crippen LogP contribution in [-0.4, -0.2) is 45.8 Å². The molecular formula is C15H25ClN2O2. The molecule has 1 rings (SSSR count). The molecule has 0 heterocycles. The fourth-order valence-electron chi connectivity index (χ4n) is 1.89. The molecule has 1 aromatic rings. The molecule has 20 heavy (non-hydrogen) atoms. The summed E-state index contributed by atoms with van der Waals surface area (Å²) < 4.78 is 11.4. The van der Waals surface area contributed by atoms with Gasteiger partial charge in [-0.3, -0.25) is 0 Å². The van der Waals surface area contributed by atoms with Gasteiger partial charge in [0.25, 0.3) is 0 Å². The Bertz CT molecular complexity index is 411. The second-order valence-electron chi connectivity index (χ2n) is 4.87. The molecule has 0 amide bonds. The average Bonchev–Trinajstić information content (AvgIpc) is 2.37. The van der Waals surface area contributed by atoms with Gasteiger partial charge in [0.2, 0.25) is 0 Å². The third-order valence-corrected chi connectivity index (χ3v) is 3.03. The molecular weight excluding hydrogens is 276 g/mol. The van der Waals surface area contributed by atoms with E-state index in [9.17, 15) is 0 Å². The van der Waals surface area contributed by atoms with E-state index in [1.165, 1.54) is 0 Å². The van der Waals surface area contributed by atoms with Crippen LogP contribution in [0.25, 0.3) is 0 Å². The fourth-order valence-corrected chi connectivity index (χ4v) is 2.17. The molecule has 0 fully saturated rings. The van der Waals surface area contributed by atoms with Crippen molar-refractivity contribution in [3.05, 3.63) is 22.7 Å². The number of nitrogens with one attached hydrogen (secondary N) is 1. The van der Waals surface area contributed by atoms with Crippen molar-refractivity contribution in [3.63, 3.8) is 0 Å². The first-order chi connectivity index (χ1) is 9.58. The molecule has 0 unspecified atom stereocenters. The Labute approximate surface area is 127 Å². The Kier molecular flexibility index (Phi) is 7.73. The van der Waals surface area contributed by atoms with Crippen molar-refractivity contribution in [1.82, 2.24) is 10.2 Å². The Balaban J connectivity index is 2.76. The number of hydrogen-bond donors (Lipinski definition) is 1. The maximum atomic E-state index is 6.30. The monoisotopic (exact) mass is 300 g/mol. The Morgan fingerprint density at radius 1 is 1.25 bits per heavy atom. The number of nitrogens with zero attached hydrogens (tertiary/aromatic N) is 1. The highest BCUT2D eigenvalue weighted by molar-refractivity contribution is 6.32. The van der Waals surface area contributed by atoms with E-state index in [4.69, 9.17) is 21.1 Å². The molecule has 0 radical (unpaired) electrons. The maximum Gasteiger partial charge on any atom is 0.179 e. The molecule has 0 atom stereocenters. The van der Waals surface area contributed by atoms with Crippen LogP contribution in [0.3, 0.4) is 0 Å². The second-order valence-corrected chi connectivity index (χ2v) is 5.28. The summed E-state index contributed by atoms with van der Waals surface area (Å²) in [6.45, 7) is 4.91. The first-order valence-electron chi connectivity index (χ1n) is 6.95.